The number of benzene rings is 2. The van der Waals surface area contributed by atoms with E-state index in [4.69, 9.17) is 0 Å². The van der Waals surface area contributed by atoms with Gasteiger partial charge >= 0.3 is 0 Å². The van der Waals surface area contributed by atoms with E-state index in [2.05, 4.69) is 16.4 Å². The van der Waals surface area contributed by atoms with Crippen LogP contribution in [0.4, 0.5) is 4.39 Å². The Labute approximate surface area is 145 Å². The molecule has 1 aromatic heterocycles. The van der Waals surface area contributed by atoms with Crippen LogP contribution in [0.15, 0.2) is 54.7 Å². The molecule has 0 aliphatic carbocycles. The second-order valence-corrected chi connectivity index (χ2v) is 5.92. The van der Waals surface area contributed by atoms with E-state index in [0.29, 0.717) is 18.5 Å². The summed E-state index contributed by atoms with van der Waals surface area (Å²) in [6.45, 7) is 0.486. The molecule has 0 saturated heterocycles. The van der Waals surface area contributed by atoms with Crippen LogP contribution in [0.2, 0.25) is 0 Å². The maximum absolute atomic E-state index is 13.2. The summed E-state index contributed by atoms with van der Waals surface area (Å²) in [5.41, 5.74) is 2.63. The van der Waals surface area contributed by atoms with Crippen LogP contribution in [0.5, 0.6) is 0 Å². The Bertz CT molecular complexity index is 912. The molecular formula is C20H18FN3O. The maximum Gasteiger partial charge on any atom is 0.237 e. The van der Waals surface area contributed by atoms with E-state index in [1.807, 2.05) is 30.3 Å². The molecule has 1 amide bonds. The Morgan fingerprint density at radius 2 is 2.04 bits per heavy atom. The predicted octanol–water partition coefficient (Wildman–Crippen LogP) is 3.35. The number of nitriles is 1. The van der Waals surface area contributed by atoms with Crippen molar-refractivity contribution in [3.05, 3.63) is 71.7 Å². The number of carbonyl (C=O) groups is 1. The van der Waals surface area contributed by atoms with Crippen molar-refractivity contribution in [1.82, 2.24) is 10.3 Å². The first-order valence-corrected chi connectivity index (χ1v) is 8.14. The Kier molecular flexibility index (Phi) is 5.10. The Balaban J connectivity index is 1.61. The molecule has 0 saturated carbocycles. The van der Waals surface area contributed by atoms with E-state index in [0.717, 1.165) is 22.9 Å². The van der Waals surface area contributed by atoms with Gasteiger partial charge in [-0.25, -0.2) is 4.39 Å². The van der Waals surface area contributed by atoms with Gasteiger partial charge in [-0.15, -0.1) is 0 Å². The van der Waals surface area contributed by atoms with Gasteiger partial charge in [0.2, 0.25) is 5.91 Å². The second kappa shape index (κ2) is 7.63. The highest BCUT2D eigenvalue weighted by molar-refractivity contribution is 5.85. The minimum atomic E-state index is -0.778. The van der Waals surface area contributed by atoms with Crippen LogP contribution in [0.25, 0.3) is 10.9 Å². The van der Waals surface area contributed by atoms with Crippen molar-refractivity contribution in [2.45, 2.75) is 12.8 Å². The number of H-pyrrole nitrogens is 1. The van der Waals surface area contributed by atoms with Gasteiger partial charge in [0.1, 0.15) is 11.7 Å². The van der Waals surface area contributed by atoms with Gasteiger partial charge < -0.3 is 10.3 Å². The number of nitrogens with zero attached hydrogens (tertiary/aromatic N) is 1. The fourth-order valence-corrected chi connectivity index (χ4v) is 2.84. The van der Waals surface area contributed by atoms with Crippen LogP contribution in [-0.4, -0.2) is 17.4 Å². The Morgan fingerprint density at radius 3 is 2.80 bits per heavy atom. The molecule has 0 fully saturated rings. The van der Waals surface area contributed by atoms with Crippen LogP contribution < -0.4 is 5.32 Å². The summed E-state index contributed by atoms with van der Waals surface area (Å²) >= 11 is 0. The SMILES string of the molecule is N#C[C@@H](Cc1c[nH]c2cc(F)ccc12)C(=O)NCCc1ccccc1. The van der Waals surface area contributed by atoms with Crippen molar-refractivity contribution < 1.29 is 9.18 Å². The molecule has 0 bridgehead atoms. The van der Waals surface area contributed by atoms with Gasteiger partial charge in [-0.3, -0.25) is 4.79 Å². The van der Waals surface area contributed by atoms with E-state index >= 15 is 0 Å². The zero-order chi connectivity index (χ0) is 17.6. The van der Waals surface area contributed by atoms with Crippen LogP contribution in [0.3, 0.4) is 0 Å². The van der Waals surface area contributed by atoms with Crippen molar-refractivity contribution in [3.8, 4) is 6.07 Å². The average molecular weight is 335 g/mol. The third-order valence-corrected chi connectivity index (χ3v) is 4.18. The molecule has 0 unspecified atom stereocenters. The topological polar surface area (TPSA) is 68.7 Å². The maximum atomic E-state index is 13.2. The van der Waals surface area contributed by atoms with Gasteiger partial charge in [0.25, 0.3) is 0 Å². The highest BCUT2D eigenvalue weighted by Crippen LogP contribution is 2.22. The fraction of sp³-hybridized carbons (Fsp3) is 0.200. The van der Waals surface area contributed by atoms with Crippen molar-refractivity contribution in [3.63, 3.8) is 0 Å². The van der Waals surface area contributed by atoms with E-state index in [9.17, 15) is 14.4 Å². The third kappa shape index (κ3) is 4.04. The van der Waals surface area contributed by atoms with Crippen molar-refractivity contribution in [2.75, 3.05) is 6.54 Å². The van der Waals surface area contributed by atoms with Gasteiger partial charge in [-0.1, -0.05) is 30.3 Å². The lowest BCUT2D eigenvalue weighted by Crippen LogP contribution is -2.32. The van der Waals surface area contributed by atoms with Gasteiger partial charge in [0.05, 0.1) is 6.07 Å². The molecule has 0 radical (unpaired) electrons. The summed E-state index contributed by atoms with van der Waals surface area (Å²) in [5.74, 6) is -1.38. The second-order valence-electron chi connectivity index (χ2n) is 5.92. The number of fused-ring (bicyclic) bond motifs is 1. The molecule has 5 heteroatoms. The molecular weight excluding hydrogens is 317 g/mol. The average Bonchev–Trinajstić information content (AvgIpc) is 3.02. The number of nitrogens with one attached hydrogen (secondary N) is 2. The molecule has 25 heavy (non-hydrogen) atoms. The van der Waals surface area contributed by atoms with Crippen LogP contribution in [0.1, 0.15) is 11.1 Å². The minimum Gasteiger partial charge on any atom is -0.361 e. The smallest absolute Gasteiger partial charge is 0.237 e. The van der Waals surface area contributed by atoms with Crippen LogP contribution in [-0.2, 0) is 17.6 Å². The number of aromatic nitrogens is 1. The molecule has 0 spiro atoms. The lowest BCUT2D eigenvalue weighted by Gasteiger charge is -2.10. The van der Waals surface area contributed by atoms with Crippen LogP contribution >= 0.6 is 0 Å². The van der Waals surface area contributed by atoms with Crippen molar-refractivity contribution in [2.24, 2.45) is 5.92 Å². The molecule has 4 nitrogen and oxygen atoms in total. The van der Waals surface area contributed by atoms with Crippen LogP contribution in [0, 0.1) is 23.1 Å². The first-order chi connectivity index (χ1) is 12.2. The van der Waals surface area contributed by atoms with Gasteiger partial charge in [0, 0.05) is 23.6 Å². The number of aromatic amines is 1. The van der Waals surface area contributed by atoms with Crippen molar-refractivity contribution >= 4 is 16.8 Å². The number of rotatable bonds is 6. The largest absolute Gasteiger partial charge is 0.361 e. The normalized spacial score (nSPS) is 11.8. The molecule has 0 aliphatic heterocycles. The lowest BCUT2D eigenvalue weighted by atomic mass is 9.99. The number of amides is 1. The fourth-order valence-electron chi connectivity index (χ4n) is 2.84. The summed E-state index contributed by atoms with van der Waals surface area (Å²) < 4.78 is 13.2. The summed E-state index contributed by atoms with van der Waals surface area (Å²) in [6, 6.07) is 16.4. The number of carbonyl (C=O) groups excluding carboxylic acids is 1. The monoisotopic (exact) mass is 335 g/mol. The first kappa shape index (κ1) is 16.7. The van der Waals surface area contributed by atoms with E-state index in [-0.39, 0.29) is 11.7 Å². The summed E-state index contributed by atoms with van der Waals surface area (Å²) in [7, 11) is 0. The Morgan fingerprint density at radius 1 is 1.24 bits per heavy atom. The lowest BCUT2D eigenvalue weighted by molar-refractivity contribution is -0.123. The quantitative estimate of drug-likeness (QED) is 0.725. The van der Waals surface area contributed by atoms with Gasteiger partial charge in [-0.05, 0) is 42.2 Å². The Hall–Kier alpha value is -3.13. The summed E-state index contributed by atoms with van der Waals surface area (Å²) in [4.78, 5) is 15.3. The molecule has 2 aromatic carbocycles. The zero-order valence-electron chi connectivity index (χ0n) is 13.6. The molecule has 1 heterocycles. The zero-order valence-corrected chi connectivity index (χ0v) is 13.6. The number of hydrogen-bond acceptors (Lipinski definition) is 2. The van der Waals surface area contributed by atoms with E-state index < -0.39 is 5.92 Å². The highest BCUT2D eigenvalue weighted by atomic mass is 19.1. The summed E-state index contributed by atoms with van der Waals surface area (Å²) in [5, 5.41) is 13.0. The molecule has 3 rings (SSSR count). The van der Waals surface area contributed by atoms with Gasteiger partial charge in [-0.2, -0.15) is 5.26 Å². The number of hydrogen-bond donors (Lipinski definition) is 2. The van der Waals surface area contributed by atoms with E-state index in [1.165, 1.54) is 12.1 Å². The predicted molar refractivity (Wildman–Crippen MR) is 94.2 cm³/mol. The molecule has 2 N–H and O–H groups in total. The van der Waals surface area contributed by atoms with Crippen molar-refractivity contribution in [1.29, 1.82) is 5.26 Å². The standard InChI is InChI=1S/C20H18FN3O/c21-17-6-7-18-16(13-24-19(18)11-17)10-15(12-22)20(25)23-9-8-14-4-2-1-3-5-14/h1-7,11,13,15,24H,8-10H2,(H,23,25)/t15-/m1/s1. The molecule has 3 aromatic rings. The van der Waals surface area contributed by atoms with Gasteiger partial charge in [0.15, 0.2) is 0 Å². The molecule has 0 aliphatic rings. The first-order valence-electron chi connectivity index (χ1n) is 8.14. The minimum absolute atomic E-state index is 0.283. The highest BCUT2D eigenvalue weighted by Gasteiger charge is 2.19. The molecule has 1 atom stereocenters. The number of halogens is 1. The molecule has 126 valence electrons. The summed E-state index contributed by atoms with van der Waals surface area (Å²) in [6.07, 6.45) is 2.74. The third-order valence-electron chi connectivity index (χ3n) is 4.18. The van der Waals surface area contributed by atoms with E-state index in [1.54, 1.807) is 12.3 Å².